The van der Waals surface area contributed by atoms with Gasteiger partial charge in [0.05, 0.1) is 12.0 Å². The first kappa shape index (κ1) is 14.3. The molecule has 0 saturated carbocycles. The molecule has 0 radical (unpaired) electrons. The molecule has 0 atom stereocenters. The zero-order chi connectivity index (χ0) is 13.8. The number of ether oxygens (including phenoxy) is 1. The van der Waals surface area contributed by atoms with E-state index < -0.39 is 17.5 Å². The second-order valence-corrected chi connectivity index (χ2v) is 3.48. The predicted molar refractivity (Wildman–Crippen MR) is 60.3 cm³/mol. The Morgan fingerprint density at radius 1 is 1.50 bits per heavy atom. The molecule has 1 aromatic carbocycles. The van der Waals surface area contributed by atoms with Gasteiger partial charge in [-0.15, -0.1) is 13.2 Å². The van der Waals surface area contributed by atoms with Gasteiger partial charge >= 0.3 is 11.7 Å². The normalized spacial score (nSPS) is 11.6. The van der Waals surface area contributed by atoms with Gasteiger partial charge in [-0.3, -0.25) is 9.69 Å². The van der Waals surface area contributed by atoms with Gasteiger partial charge in [-0.2, -0.15) is 0 Å². The van der Waals surface area contributed by atoms with Crippen LogP contribution in [0.4, 0.5) is 23.7 Å². The van der Waals surface area contributed by atoms with Gasteiger partial charge in [-0.05, 0) is 23.7 Å². The first-order valence-corrected chi connectivity index (χ1v) is 4.98. The number of rotatable bonds is 3. The van der Waals surface area contributed by atoms with Gasteiger partial charge in [-0.25, -0.2) is 4.99 Å². The van der Waals surface area contributed by atoms with Crippen LogP contribution in [0.25, 0.3) is 0 Å². The van der Waals surface area contributed by atoms with Crippen LogP contribution in [-0.4, -0.2) is 30.0 Å². The molecule has 0 aliphatic heterocycles. The van der Waals surface area contributed by atoms with Crippen molar-refractivity contribution in [1.29, 1.82) is 0 Å². The summed E-state index contributed by atoms with van der Waals surface area (Å²) in [4.78, 5) is 15.4. The van der Waals surface area contributed by atoms with E-state index in [-0.39, 0.29) is 5.69 Å². The van der Waals surface area contributed by atoms with Crippen molar-refractivity contribution < 1.29 is 22.7 Å². The van der Waals surface area contributed by atoms with E-state index in [2.05, 4.69) is 9.73 Å². The number of halogens is 4. The number of aliphatic imine (C=N–C) groups is 1. The maximum Gasteiger partial charge on any atom is 0.573 e. The molecule has 0 saturated heterocycles. The van der Waals surface area contributed by atoms with E-state index in [0.29, 0.717) is 0 Å². The lowest BCUT2D eigenvalue weighted by atomic mass is 10.3. The van der Waals surface area contributed by atoms with Gasteiger partial charge in [0.1, 0.15) is 5.75 Å². The lowest BCUT2D eigenvalue weighted by Gasteiger charge is -2.09. The Morgan fingerprint density at radius 3 is 2.72 bits per heavy atom. The third-order valence-electron chi connectivity index (χ3n) is 1.71. The molecular formula is C10H8ClF3N2O2. The topological polar surface area (TPSA) is 41.9 Å². The highest BCUT2D eigenvalue weighted by molar-refractivity contribution is 6.63. The van der Waals surface area contributed by atoms with E-state index in [9.17, 15) is 18.0 Å². The van der Waals surface area contributed by atoms with Gasteiger partial charge < -0.3 is 4.74 Å². The predicted octanol–water partition coefficient (Wildman–Crippen LogP) is 3.54. The lowest BCUT2D eigenvalue weighted by Crippen LogP contribution is -2.18. The van der Waals surface area contributed by atoms with Crippen molar-refractivity contribution in [2.75, 3.05) is 7.05 Å². The standard InChI is InChI=1S/C10H8ClF3N2O2/c1-16(9(11)17)6-15-7-3-2-4-8(5-7)18-10(12,13)14/h2-6H,1H3. The Labute approximate surface area is 106 Å². The molecule has 0 fully saturated rings. The van der Waals surface area contributed by atoms with Crippen molar-refractivity contribution in [2.45, 2.75) is 6.36 Å². The highest BCUT2D eigenvalue weighted by Crippen LogP contribution is 2.26. The Morgan fingerprint density at radius 2 is 2.17 bits per heavy atom. The van der Waals surface area contributed by atoms with Crippen LogP contribution < -0.4 is 4.74 Å². The summed E-state index contributed by atoms with van der Waals surface area (Å²) >= 11 is 5.14. The minimum atomic E-state index is -4.76. The highest BCUT2D eigenvalue weighted by atomic mass is 35.5. The maximum absolute atomic E-state index is 12.0. The molecular weight excluding hydrogens is 273 g/mol. The number of hydrogen-bond donors (Lipinski definition) is 0. The second kappa shape index (κ2) is 5.72. The van der Waals surface area contributed by atoms with Crippen LogP contribution in [-0.2, 0) is 0 Å². The van der Waals surface area contributed by atoms with Crippen molar-refractivity contribution in [2.24, 2.45) is 4.99 Å². The first-order valence-electron chi connectivity index (χ1n) is 4.60. The second-order valence-electron chi connectivity index (χ2n) is 3.15. The summed E-state index contributed by atoms with van der Waals surface area (Å²) in [5, 5.41) is -0.763. The number of benzene rings is 1. The van der Waals surface area contributed by atoms with Crippen molar-refractivity contribution in [3.8, 4) is 5.75 Å². The molecule has 0 unspecified atom stereocenters. The number of amides is 1. The summed E-state index contributed by atoms with van der Waals surface area (Å²) in [6.45, 7) is 0. The van der Waals surface area contributed by atoms with Gasteiger partial charge in [-0.1, -0.05) is 6.07 Å². The third-order valence-corrected chi connectivity index (χ3v) is 1.98. The fourth-order valence-electron chi connectivity index (χ4n) is 0.960. The van der Waals surface area contributed by atoms with E-state index >= 15 is 0 Å². The molecule has 1 amide bonds. The maximum atomic E-state index is 12.0. The zero-order valence-corrected chi connectivity index (χ0v) is 9.87. The Bertz CT molecular complexity index is 463. The average molecular weight is 281 g/mol. The fraction of sp³-hybridized carbons (Fsp3) is 0.200. The molecule has 0 heterocycles. The number of carbonyl (C=O) groups is 1. The molecule has 18 heavy (non-hydrogen) atoms. The van der Waals surface area contributed by atoms with E-state index in [4.69, 9.17) is 11.6 Å². The van der Waals surface area contributed by atoms with E-state index in [1.54, 1.807) is 0 Å². The molecule has 4 nitrogen and oxygen atoms in total. The smallest absolute Gasteiger partial charge is 0.406 e. The summed E-state index contributed by atoms with van der Waals surface area (Å²) in [7, 11) is 1.36. The Hall–Kier alpha value is -1.76. The van der Waals surface area contributed by atoms with Crippen molar-refractivity contribution in [3.05, 3.63) is 24.3 Å². The minimum Gasteiger partial charge on any atom is -0.406 e. The lowest BCUT2D eigenvalue weighted by molar-refractivity contribution is -0.274. The average Bonchev–Trinajstić information content (AvgIpc) is 2.23. The van der Waals surface area contributed by atoms with E-state index in [0.717, 1.165) is 23.4 Å². The third kappa shape index (κ3) is 5.05. The Kier molecular flexibility index (Phi) is 4.55. The molecule has 0 aliphatic carbocycles. The molecule has 0 aromatic heterocycles. The Balaban J connectivity index is 2.80. The first-order chi connectivity index (χ1) is 8.28. The zero-order valence-electron chi connectivity index (χ0n) is 9.11. The number of nitrogens with zero attached hydrogens (tertiary/aromatic N) is 2. The minimum absolute atomic E-state index is 0.196. The van der Waals surface area contributed by atoms with Gasteiger partial charge in [0.2, 0.25) is 0 Å². The van der Waals surface area contributed by atoms with Gasteiger partial charge in [0, 0.05) is 13.1 Å². The molecule has 8 heteroatoms. The largest absolute Gasteiger partial charge is 0.573 e. The molecule has 98 valence electrons. The van der Waals surface area contributed by atoms with Crippen LogP contribution in [0.2, 0.25) is 0 Å². The number of hydrogen-bond acceptors (Lipinski definition) is 3. The van der Waals surface area contributed by atoms with Crippen molar-refractivity contribution >= 4 is 29.0 Å². The fourth-order valence-corrected chi connectivity index (χ4v) is 1.00. The summed E-state index contributed by atoms with van der Waals surface area (Å²) in [5.74, 6) is -0.392. The van der Waals surface area contributed by atoms with Crippen LogP contribution >= 0.6 is 11.6 Å². The van der Waals surface area contributed by atoms with Crippen molar-refractivity contribution in [1.82, 2.24) is 4.90 Å². The van der Waals surface area contributed by atoms with Crippen LogP contribution in [0.5, 0.6) is 5.75 Å². The molecule has 1 rings (SSSR count). The number of carbonyl (C=O) groups excluding carboxylic acids is 1. The highest BCUT2D eigenvalue weighted by Gasteiger charge is 2.31. The van der Waals surface area contributed by atoms with E-state index in [1.807, 2.05) is 0 Å². The van der Waals surface area contributed by atoms with Crippen LogP contribution in [0.1, 0.15) is 0 Å². The summed E-state index contributed by atoms with van der Waals surface area (Å²) < 4.78 is 39.6. The van der Waals surface area contributed by atoms with Gasteiger partial charge in [0.25, 0.3) is 0 Å². The molecule has 1 aromatic rings. The van der Waals surface area contributed by atoms with Crippen molar-refractivity contribution in [3.63, 3.8) is 0 Å². The molecule has 0 spiro atoms. The monoisotopic (exact) mass is 280 g/mol. The van der Waals surface area contributed by atoms with Crippen LogP contribution in [0.3, 0.4) is 0 Å². The SMILES string of the molecule is CN(C=Nc1cccc(OC(F)(F)F)c1)C(=O)Cl. The number of alkyl halides is 3. The van der Waals surface area contributed by atoms with E-state index in [1.165, 1.54) is 19.2 Å². The van der Waals surface area contributed by atoms with Crippen LogP contribution in [0.15, 0.2) is 29.3 Å². The summed E-state index contributed by atoms with van der Waals surface area (Å²) in [6, 6.07) is 5.02. The molecule has 0 aliphatic rings. The van der Waals surface area contributed by atoms with Gasteiger partial charge in [0.15, 0.2) is 0 Å². The quantitative estimate of drug-likeness (QED) is 0.368. The molecule has 0 N–H and O–H groups in total. The molecule has 0 bridgehead atoms. The summed E-state index contributed by atoms with van der Waals surface area (Å²) in [6.07, 6.45) is -3.67. The summed E-state index contributed by atoms with van der Waals surface area (Å²) in [5.41, 5.74) is 0.196. The van der Waals surface area contributed by atoms with Crippen LogP contribution in [0, 0.1) is 0 Å².